The number of Topliss-reactive ketones (excluding diaryl/α,β-unsaturated/α-hetero) is 2. The topological polar surface area (TPSA) is 88.5 Å². The van der Waals surface area contributed by atoms with Crippen LogP contribution >= 0.6 is 0 Å². The fourth-order valence-electron chi connectivity index (χ4n) is 3.15. The first-order chi connectivity index (χ1) is 14.3. The van der Waals surface area contributed by atoms with E-state index in [1.54, 1.807) is 48.5 Å². The minimum Gasteiger partial charge on any atom is -0.504 e. The molecular formula is C25H20O5. The average Bonchev–Trinajstić information content (AvgIpc) is 2.75. The summed E-state index contributed by atoms with van der Waals surface area (Å²) >= 11 is 0. The summed E-state index contributed by atoms with van der Waals surface area (Å²) in [5.74, 6) is -1.34. The number of ketones is 4. The second-order valence-electron chi connectivity index (χ2n) is 7.12. The summed E-state index contributed by atoms with van der Waals surface area (Å²) < 4.78 is 0. The molecule has 0 amide bonds. The molecule has 2 aromatic rings. The molecule has 150 valence electrons. The van der Waals surface area contributed by atoms with Crippen LogP contribution in [-0.4, -0.2) is 28.2 Å². The molecule has 0 unspecified atom stereocenters. The summed E-state index contributed by atoms with van der Waals surface area (Å²) in [5, 5.41) is 9.85. The smallest absolute Gasteiger partial charge is 0.228 e. The van der Waals surface area contributed by atoms with Gasteiger partial charge in [-0.15, -0.1) is 0 Å². The molecule has 5 nitrogen and oxygen atoms in total. The Morgan fingerprint density at radius 3 is 1.63 bits per heavy atom. The van der Waals surface area contributed by atoms with Crippen molar-refractivity contribution >= 4 is 23.1 Å². The van der Waals surface area contributed by atoms with Crippen molar-refractivity contribution in [1.29, 1.82) is 0 Å². The van der Waals surface area contributed by atoms with E-state index >= 15 is 0 Å². The van der Waals surface area contributed by atoms with Crippen molar-refractivity contribution < 1.29 is 24.3 Å². The lowest BCUT2D eigenvalue weighted by Crippen LogP contribution is -2.21. The third kappa shape index (κ3) is 4.10. The molecule has 5 heteroatoms. The number of allylic oxidation sites excluding steroid dienone is 6. The number of carbonyl (C=O) groups excluding carboxylic acids is 4. The largest absolute Gasteiger partial charge is 0.504 e. The van der Waals surface area contributed by atoms with Crippen LogP contribution in [0.5, 0.6) is 0 Å². The van der Waals surface area contributed by atoms with Crippen molar-refractivity contribution in [3.63, 3.8) is 0 Å². The van der Waals surface area contributed by atoms with Gasteiger partial charge in [0.15, 0.2) is 23.1 Å². The number of hydrogen-bond acceptors (Lipinski definition) is 5. The van der Waals surface area contributed by atoms with Gasteiger partial charge in [-0.1, -0.05) is 60.2 Å². The van der Waals surface area contributed by atoms with Gasteiger partial charge in [0.25, 0.3) is 0 Å². The van der Waals surface area contributed by atoms with Crippen LogP contribution < -0.4 is 0 Å². The first-order valence-electron chi connectivity index (χ1n) is 9.41. The van der Waals surface area contributed by atoms with Gasteiger partial charge in [0.1, 0.15) is 0 Å². The number of carbonyl (C=O) groups is 4. The van der Waals surface area contributed by atoms with Crippen LogP contribution in [0.3, 0.4) is 0 Å². The Balaban J connectivity index is 0.000000184. The van der Waals surface area contributed by atoms with E-state index in [0.29, 0.717) is 16.7 Å². The summed E-state index contributed by atoms with van der Waals surface area (Å²) in [6.45, 7) is 3.81. The van der Waals surface area contributed by atoms with Crippen molar-refractivity contribution in [3.8, 4) is 0 Å². The first-order valence-corrected chi connectivity index (χ1v) is 9.41. The Kier molecular flexibility index (Phi) is 6.02. The minimum absolute atomic E-state index is 0.0924. The lowest BCUT2D eigenvalue weighted by molar-refractivity contribution is 0.0927. The molecule has 4 rings (SSSR count). The van der Waals surface area contributed by atoms with Crippen LogP contribution in [-0.2, 0) is 0 Å². The molecule has 0 saturated heterocycles. The molecule has 0 spiro atoms. The van der Waals surface area contributed by atoms with E-state index in [-0.39, 0.29) is 34.9 Å². The van der Waals surface area contributed by atoms with Crippen LogP contribution in [0.4, 0.5) is 0 Å². The highest BCUT2D eigenvalue weighted by Gasteiger charge is 2.30. The van der Waals surface area contributed by atoms with Crippen LogP contribution in [0.15, 0.2) is 83.7 Å². The number of hydrogen-bond donors (Lipinski definition) is 1. The SMILES string of the molecule is CC(C)=CCC1=C(O)C(=O)c2ccccc2C1=O.O=C1C=CC(=O)c2ccccc21. The molecule has 2 aliphatic carbocycles. The van der Waals surface area contributed by atoms with Gasteiger partial charge in [-0.05, 0) is 32.4 Å². The molecule has 0 radical (unpaired) electrons. The second-order valence-corrected chi connectivity index (χ2v) is 7.12. The number of aliphatic hydroxyl groups is 1. The van der Waals surface area contributed by atoms with E-state index in [0.717, 1.165) is 5.57 Å². The zero-order valence-electron chi connectivity index (χ0n) is 16.6. The van der Waals surface area contributed by atoms with E-state index in [4.69, 9.17) is 0 Å². The maximum atomic E-state index is 12.2. The molecule has 1 N–H and O–H groups in total. The van der Waals surface area contributed by atoms with Gasteiger partial charge in [0.2, 0.25) is 5.78 Å². The third-order valence-corrected chi connectivity index (χ3v) is 4.75. The summed E-state index contributed by atoms with van der Waals surface area (Å²) in [6, 6.07) is 13.4. The number of rotatable bonds is 2. The maximum Gasteiger partial charge on any atom is 0.228 e. The van der Waals surface area contributed by atoms with Gasteiger partial charge in [-0.2, -0.15) is 0 Å². The highest BCUT2D eigenvalue weighted by Crippen LogP contribution is 2.27. The first kappa shape index (κ1) is 20.9. The van der Waals surface area contributed by atoms with Gasteiger partial charge in [0.05, 0.1) is 0 Å². The van der Waals surface area contributed by atoms with Crippen LogP contribution in [0.25, 0.3) is 0 Å². The van der Waals surface area contributed by atoms with Crippen LogP contribution in [0.2, 0.25) is 0 Å². The molecule has 0 fully saturated rings. The van der Waals surface area contributed by atoms with Gasteiger partial charge in [0, 0.05) is 27.8 Å². The lowest BCUT2D eigenvalue weighted by atomic mass is 9.86. The number of aliphatic hydroxyl groups excluding tert-OH is 1. The highest BCUT2D eigenvalue weighted by atomic mass is 16.3. The Morgan fingerprint density at radius 2 is 1.17 bits per heavy atom. The fraction of sp³-hybridized carbons (Fsp3) is 0.120. The van der Waals surface area contributed by atoms with Crippen molar-refractivity contribution in [2.75, 3.05) is 0 Å². The second kappa shape index (κ2) is 8.66. The molecule has 2 aromatic carbocycles. The molecule has 2 aliphatic rings. The summed E-state index contributed by atoms with van der Waals surface area (Å²) in [7, 11) is 0. The van der Waals surface area contributed by atoms with E-state index in [1.165, 1.54) is 12.2 Å². The van der Waals surface area contributed by atoms with E-state index in [9.17, 15) is 24.3 Å². The Labute approximate surface area is 174 Å². The highest BCUT2D eigenvalue weighted by molar-refractivity contribution is 6.26. The number of fused-ring (bicyclic) bond motifs is 2. The minimum atomic E-state index is -0.470. The van der Waals surface area contributed by atoms with Crippen LogP contribution in [0, 0.1) is 0 Å². The molecule has 0 bridgehead atoms. The molecule has 30 heavy (non-hydrogen) atoms. The summed E-state index contributed by atoms with van der Waals surface area (Å²) in [5.41, 5.74) is 2.88. The molecule has 0 heterocycles. The maximum absolute atomic E-state index is 12.2. The van der Waals surface area contributed by atoms with Crippen molar-refractivity contribution in [1.82, 2.24) is 0 Å². The van der Waals surface area contributed by atoms with E-state index < -0.39 is 11.5 Å². The Morgan fingerprint density at radius 1 is 0.733 bits per heavy atom. The van der Waals surface area contributed by atoms with Gasteiger partial charge >= 0.3 is 0 Å². The van der Waals surface area contributed by atoms with Gasteiger partial charge in [-0.3, -0.25) is 19.2 Å². The zero-order valence-corrected chi connectivity index (χ0v) is 16.6. The predicted molar refractivity (Wildman–Crippen MR) is 113 cm³/mol. The van der Waals surface area contributed by atoms with Crippen molar-refractivity contribution in [2.24, 2.45) is 0 Å². The monoisotopic (exact) mass is 400 g/mol. The van der Waals surface area contributed by atoms with Gasteiger partial charge in [-0.25, -0.2) is 0 Å². The average molecular weight is 400 g/mol. The Hall–Kier alpha value is -3.86. The third-order valence-electron chi connectivity index (χ3n) is 4.75. The molecule has 0 atom stereocenters. The van der Waals surface area contributed by atoms with E-state index in [2.05, 4.69) is 0 Å². The Bertz CT molecular complexity index is 1120. The lowest BCUT2D eigenvalue weighted by Gasteiger charge is -2.16. The van der Waals surface area contributed by atoms with Crippen molar-refractivity contribution in [3.05, 3.63) is 106 Å². The standard InChI is InChI=1S/C15H14O3.C10H6O2/c1-9(2)7-8-12-13(16)10-5-3-4-6-11(10)14(17)15(12)18;11-9-5-6-10(12)8-4-2-1-3-7(8)9/h3-7,18H,8H2,1-2H3;1-6H. The molecule has 0 saturated carbocycles. The van der Waals surface area contributed by atoms with Crippen molar-refractivity contribution in [2.45, 2.75) is 20.3 Å². The summed E-state index contributed by atoms with van der Waals surface area (Å²) in [4.78, 5) is 46.5. The normalized spacial score (nSPS) is 14.6. The van der Waals surface area contributed by atoms with E-state index in [1.807, 2.05) is 19.9 Å². The van der Waals surface area contributed by atoms with Crippen LogP contribution in [0.1, 0.15) is 61.7 Å². The quantitative estimate of drug-likeness (QED) is 0.728. The zero-order chi connectivity index (χ0) is 21.8. The molecular weight excluding hydrogens is 380 g/mol. The summed E-state index contributed by atoms with van der Waals surface area (Å²) in [6.07, 6.45) is 4.73. The molecule has 0 aromatic heterocycles. The number of benzene rings is 2. The van der Waals surface area contributed by atoms with Gasteiger partial charge < -0.3 is 5.11 Å². The fourth-order valence-corrected chi connectivity index (χ4v) is 3.15. The predicted octanol–water partition coefficient (Wildman–Crippen LogP) is 4.86. The molecule has 0 aliphatic heterocycles.